The van der Waals surface area contributed by atoms with E-state index in [1.165, 1.54) is 5.69 Å². The highest BCUT2D eigenvalue weighted by Crippen LogP contribution is 2.25. The molecule has 154 valence electrons. The second-order valence-electron chi connectivity index (χ2n) is 7.86. The third kappa shape index (κ3) is 4.65. The van der Waals surface area contributed by atoms with E-state index in [1.807, 2.05) is 23.1 Å². The maximum Gasteiger partial charge on any atom is 0.258 e. The summed E-state index contributed by atoms with van der Waals surface area (Å²) in [6.45, 7) is 7.60. The van der Waals surface area contributed by atoms with E-state index in [9.17, 15) is 4.79 Å². The molecule has 0 spiro atoms. The zero-order valence-corrected chi connectivity index (χ0v) is 17.0. The first-order chi connectivity index (χ1) is 14.2. The highest BCUT2D eigenvalue weighted by Gasteiger charge is 2.24. The van der Waals surface area contributed by atoms with Gasteiger partial charge in [-0.15, -0.1) is 0 Å². The van der Waals surface area contributed by atoms with Crippen LogP contribution in [0.5, 0.6) is 0 Å². The Morgan fingerprint density at radius 1 is 0.897 bits per heavy atom. The highest BCUT2D eigenvalue weighted by atomic mass is 16.2. The van der Waals surface area contributed by atoms with E-state index in [1.54, 1.807) is 0 Å². The van der Waals surface area contributed by atoms with Crippen molar-refractivity contribution in [3.8, 4) is 0 Å². The molecule has 0 aromatic heterocycles. The van der Waals surface area contributed by atoms with E-state index < -0.39 is 0 Å². The molecule has 2 saturated heterocycles. The van der Waals surface area contributed by atoms with Crippen LogP contribution in [0.25, 0.3) is 0 Å². The first-order valence-electron chi connectivity index (χ1n) is 10.7. The monoisotopic (exact) mass is 393 g/mol. The Hall–Kier alpha value is -2.73. The van der Waals surface area contributed by atoms with Crippen LogP contribution >= 0.6 is 0 Å². The summed E-state index contributed by atoms with van der Waals surface area (Å²) in [4.78, 5) is 19.7. The number of likely N-dealkylation sites (tertiary alicyclic amines) is 1. The van der Waals surface area contributed by atoms with Crippen LogP contribution in [0.4, 0.5) is 17.1 Å². The summed E-state index contributed by atoms with van der Waals surface area (Å²) in [5.74, 6) is 0.0552. The van der Waals surface area contributed by atoms with Gasteiger partial charge in [0.2, 0.25) is 0 Å². The molecule has 1 amide bonds. The zero-order chi connectivity index (χ0) is 20.1. The predicted octanol–water partition coefficient (Wildman–Crippen LogP) is 2.74. The van der Waals surface area contributed by atoms with Crippen molar-refractivity contribution in [1.29, 1.82) is 0 Å². The molecule has 2 fully saturated rings. The molecule has 29 heavy (non-hydrogen) atoms. The van der Waals surface area contributed by atoms with E-state index in [-0.39, 0.29) is 5.91 Å². The number of carbonyl (C=O) groups is 1. The Balaban J connectivity index is 1.30. The second kappa shape index (κ2) is 9.18. The summed E-state index contributed by atoms with van der Waals surface area (Å²) in [6.07, 6.45) is 2.16. The second-order valence-corrected chi connectivity index (χ2v) is 7.86. The maximum absolute atomic E-state index is 12.9. The van der Waals surface area contributed by atoms with Crippen molar-refractivity contribution in [2.45, 2.75) is 12.8 Å². The number of hydrogen-bond donors (Lipinski definition) is 2. The number of para-hydroxylation sites is 1. The first-order valence-corrected chi connectivity index (χ1v) is 10.7. The predicted molar refractivity (Wildman–Crippen MR) is 120 cm³/mol. The molecule has 6 heteroatoms. The molecule has 2 aliphatic rings. The minimum atomic E-state index is 0.0552. The number of nitrogens with zero attached hydrogens (tertiary/aromatic N) is 3. The van der Waals surface area contributed by atoms with Crippen LogP contribution < -0.4 is 16.0 Å². The van der Waals surface area contributed by atoms with Crippen LogP contribution in [-0.4, -0.2) is 68.1 Å². The van der Waals surface area contributed by atoms with Crippen LogP contribution in [0, 0.1) is 0 Å². The topological polar surface area (TPSA) is 64.8 Å². The van der Waals surface area contributed by atoms with Crippen molar-refractivity contribution >= 4 is 23.0 Å². The summed E-state index contributed by atoms with van der Waals surface area (Å²) in [7, 11) is 0. The number of nitrogens with two attached hydrogens (primary N) is 1. The lowest BCUT2D eigenvalue weighted by Crippen LogP contribution is -2.47. The van der Waals surface area contributed by atoms with E-state index in [0.29, 0.717) is 11.3 Å². The molecule has 0 unspecified atom stereocenters. The highest BCUT2D eigenvalue weighted by molar-refractivity contribution is 6.04. The van der Waals surface area contributed by atoms with Gasteiger partial charge in [-0.3, -0.25) is 9.69 Å². The third-order valence-electron chi connectivity index (χ3n) is 5.94. The molecule has 0 radical (unpaired) electrons. The Labute approximate surface area is 173 Å². The lowest BCUT2D eigenvalue weighted by molar-refractivity contribution is 0.0795. The molecule has 0 atom stereocenters. The van der Waals surface area contributed by atoms with Crippen molar-refractivity contribution < 1.29 is 4.79 Å². The van der Waals surface area contributed by atoms with Gasteiger partial charge in [0.25, 0.3) is 5.91 Å². The van der Waals surface area contributed by atoms with Gasteiger partial charge in [0.05, 0.1) is 5.56 Å². The molecule has 0 aliphatic carbocycles. The molecular weight excluding hydrogens is 362 g/mol. The van der Waals surface area contributed by atoms with Crippen LogP contribution in [-0.2, 0) is 0 Å². The van der Waals surface area contributed by atoms with Crippen LogP contribution in [0.2, 0.25) is 0 Å². The minimum absolute atomic E-state index is 0.0552. The fourth-order valence-corrected chi connectivity index (χ4v) is 4.25. The van der Waals surface area contributed by atoms with Crippen LogP contribution in [0.1, 0.15) is 23.2 Å². The molecule has 6 nitrogen and oxygen atoms in total. The van der Waals surface area contributed by atoms with Gasteiger partial charge in [0.15, 0.2) is 0 Å². The van der Waals surface area contributed by atoms with Crippen molar-refractivity contribution in [3.63, 3.8) is 0 Å². The number of carbonyl (C=O) groups excluding carboxylic acids is 1. The number of nitrogen functional groups attached to an aromatic ring is 1. The van der Waals surface area contributed by atoms with E-state index in [4.69, 9.17) is 5.73 Å². The van der Waals surface area contributed by atoms with Crippen molar-refractivity contribution in [1.82, 2.24) is 9.80 Å². The van der Waals surface area contributed by atoms with Gasteiger partial charge in [-0.1, -0.05) is 24.3 Å². The average Bonchev–Trinajstić information content (AvgIpc) is 3.30. The molecular formula is C23H31N5O. The Morgan fingerprint density at radius 2 is 1.62 bits per heavy atom. The Bertz CT molecular complexity index is 811. The van der Waals surface area contributed by atoms with Crippen molar-refractivity contribution in [3.05, 3.63) is 54.1 Å². The number of amides is 1. The SMILES string of the molecule is Nc1cccc(NCCN2CCN(c3ccccc3)CC2)c1C(=O)N1CCCC1. The van der Waals surface area contributed by atoms with Crippen LogP contribution in [0.15, 0.2) is 48.5 Å². The number of benzene rings is 2. The number of hydrogen-bond acceptors (Lipinski definition) is 5. The van der Waals surface area contributed by atoms with Crippen LogP contribution in [0.3, 0.4) is 0 Å². The molecule has 2 aliphatic heterocycles. The number of nitrogens with one attached hydrogen (secondary N) is 1. The van der Waals surface area contributed by atoms with Gasteiger partial charge in [0.1, 0.15) is 0 Å². The Morgan fingerprint density at radius 3 is 2.34 bits per heavy atom. The van der Waals surface area contributed by atoms with Crippen molar-refractivity contribution in [2.24, 2.45) is 0 Å². The van der Waals surface area contributed by atoms with E-state index in [0.717, 1.165) is 70.9 Å². The normalized spacial score (nSPS) is 17.5. The van der Waals surface area contributed by atoms with Crippen molar-refractivity contribution in [2.75, 3.05) is 68.3 Å². The summed E-state index contributed by atoms with van der Waals surface area (Å²) < 4.78 is 0. The van der Waals surface area contributed by atoms with Gasteiger partial charge >= 0.3 is 0 Å². The number of piperazine rings is 1. The maximum atomic E-state index is 12.9. The lowest BCUT2D eigenvalue weighted by atomic mass is 10.1. The smallest absolute Gasteiger partial charge is 0.258 e. The molecule has 0 bridgehead atoms. The molecule has 2 heterocycles. The summed E-state index contributed by atoms with van der Waals surface area (Å²) in [5, 5.41) is 3.47. The molecule has 3 N–H and O–H groups in total. The van der Waals surface area contributed by atoms with Gasteiger partial charge in [-0.05, 0) is 37.1 Å². The minimum Gasteiger partial charge on any atom is -0.398 e. The number of anilines is 3. The van der Waals surface area contributed by atoms with Gasteiger partial charge in [0, 0.05) is 69.4 Å². The lowest BCUT2D eigenvalue weighted by Gasteiger charge is -2.36. The fourth-order valence-electron chi connectivity index (χ4n) is 4.25. The quantitative estimate of drug-likeness (QED) is 0.739. The Kier molecular flexibility index (Phi) is 6.20. The summed E-state index contributed by atoms with van der Waals surface area (Å²) in [5.41, 5.74) is 9.51. The van der Waals surface area contributed by atoms with E-state index >= 15 is 0 Å². The summed E-state index contributed by atoms with van der Waals surface area (Å²) in [6, 6.07) is 16.3. The fraction of sp³-hybridized carbons (Fsp3) is 0.435. The standard InChI is InChI=1S/C23H31N5O/c24-20-9-6-10-21(22(20)23(29)28-12-4-5-13-28)25-11-14-26-15-17-27(18-16-26)19-7-2-1-3-8-19/h1-3,6-10,25H,4-5,11-18,24H2. The number of rotatable bonds is 6. The molecule has 4 rings (SSSR count). The summed E-state index contributed by atoms with van der Waals surface area (Å²) >= 11 is 0. The van der Waals surface area contributed by atoms with Gasteiger partial charge in [-0.25, -0.2) is 0 Å². The molecule has 0 saturated carbocycles. The average molecular weight is 394 g/mol. The van der Waals surface area contributed by atoms with Gasteiger partial charge in [-0.2, -0.15) is 0 Å². The largest absolute Gasteiger partial charge is 0.398 e. The first kappa shape index (κ1) is 19.6. The third-order valence-corrected chi connectivity index (χ3v) is 5.94. The zero-order valence-electron chi connectivity index (χ0n) is 17.0. The van der Waals surface area contributed by atoms with Gasteiger partial charge < -0.3 is 20.9 Å². The molecule has 2 aromatic rings. The van der Waals surface area contributed by atoms with E-state index in [2.05, 4.69) is 45.4 Å². The molecule has 2 aromatic carbocycles.